The van der Waals surface area contributed by atoms with Crippen molar-refractivity contribution in [1.29, 1.82) is 0 Å². The molecule has 0 fully saturated rings. The molecule has 0 bridgehead atoms. The van der Waals surface area contributed by atoms with Crippen LogP contribution < -0.4 is 4.74 Å². The van der Waals surface area contributed by atoms with Crippen LogP contribution >= 0.6 is 11.3 Å². The first-order chi connectivity index (χ1) is 10.3. The highest BCUT2D eigenvalue weighted by molar-refractivity contribution is 7.09. The van der Waals surface area contributed by atoms with Crippen molar-refractivity contribution in [2.24, 2.45) is 0 Å². The van der Waals surface area contributed by atoms with Gasteiger partial charge in [-0.05, 0) is 29.8 Å². The van der Waals surface area contributed by atoms with Crippen LogP contribution in [-0.2, 0) is 13.2 Å². The molecule has 0 spiro atoms. The van der Waals surface area contributed by atoms with Gasteiger partial charge in [-0.2, -0.15) is 0 Å². The summed E-state index contributed by atoms with van der Waals surface area (Å²) in [5.74, 6) is 0.834. The SMILES string of the molecule is OCc1nc(-c2ccc(OCc3ccccc3)cc2)cs1. The van der Waals surface area contributed by atoms with Crippen molar-refractivity contribution in [2.45, 2.75) is 13.2 Å². The van der Waals surface area contributed by atoms with Crippen LogP contribution in [0.1, 0.15) is 10.6 Å². The maximum atomic E-state index is 9.05. The number of thiazole rings is 1. The lowest BCUT2D eigenvalue weighted by molar-refractivity contribution is 0.281. The summed E-state index contributed by atoms with van der Waals surface area (Å²) in [5, 5.41) is 11.7. The Kier molecular flexibility index (Phi) is 4.28. The Morgan fingerprint density at radius 3 is 2.43 bits per heavy atom. The molecule has 0 amide bonds. The van der Waals surface area contributed by atoms with Crippen molar-refractivity contribution in [3.8, 4) is 17.0 Å². The van der Waals surface area contributed by atoms with E-state index in [0.29, 0.717) is 6.61 Å². The van der Waals surface area contributed by atoms with Gasteiger partial charge in [-0.1, -0.05) is 30.3 Å². The maximum absolute atomic E-state index is 9.05. The maximum Gasteiger partial charge on any atom is 0.119 e. The van der Waals surface area contributed by atoms with E-state index in [4.69, 9.17) is 9.84 Å². The van der Waals surface area contributed by atoms with E-state index < -0.39 is 0 Å². The Hall–Kier alpha value is -2.17. The van der Waals surface area contributed by atoms with Gasteiger partial charge < -0.3 is 9.84 Å². The van der Waals surface area contributed by atoms with E-state index in [2.05, 4.69) is 4.98 Å². The number of aromatic nitrogens is 1. The highest BCUT2D eigenvalue weighted by atomic mass is 32.1. The third-order valence-corrected chi connectivity index (χ3v) is 3.92. The largest absolute Gasteiger partial charge is 0.489 e. The van der Waals surface area contributed by atoms with Crippen LogP contribution in [0.5, 0.6) is 5.75 Å². The summed E-state index contributed by atoms with van der Waals surface area (Å²) in [6, 6.07) is 17.9. The third-order valence-electron chi connectivity index (χ3n) is 3.09. The van der Waals surface area contributed by atoms with Crippen molar-refractivity contribution in [1.82, 2.24) is 4.98 Å². The van der Waals surface area contributed by atoms with E-state index in [-0.39, 0.29) is 6.61 Å². The van der Waals surface area contributed by atoms with Crippen LogP contribution in [-0.4, -0.2) is 10.1 Å². The number of aliphatic hydroxyl groups excluding tert-OH is 1. The van der Waals surface area contributed by atoms with Crippen molar-refractivity contribution < 1.29 is 9.84 Å². The van der Waals surface area contributed by atoms with E-state index in [0.717, 1.165) is 27.6 Å². The highest BCUT2D eigenvalue weighted by Gasteiger charge is 2.04. The molecule has 0 unspecified atom stereocenters. The monoisotopic (exact) mass is 297 g/mol. The molecule has 1 heterocycles. The van der Waals surface area contributed by atoms with Gasteiger partial charge >= 0.3 is 0 Å². The zero-order valence-electron chi connectivity index (χ0n) is 11.4. The van der Waals surface area contributed by atoms with Gasteiger partial charge in [-0.15, -0.1) is 11.3 Å². The van der Waals surface area contributed by atoms with Gasteiger partial charge in [-0.3, -0.25) is 0 Å². The first kappa shape index (κ1) is 13.8. The molecule has 0 aliphatic carbocycles. The molecule has 0 aliphatic rings. The predicted octanol–water partition coefficient (Wildman–Crippen LogP) is 3.88. The molecule has 0 saturated heterocycles. The van der Waals surface area contributed by atoms with Crippen LogP contribution in [0.25, 0.3) is 11.3 Å². The lowest BCUT2D eigenvalue weighted by Gasteiger charge is -2.06. The molecule has 4 heteroatoms. The molecular formula is C17H15NO2S. The normalized spacial score (nSPS) is 10.5. The van der Waals surface area contributed by atoms with Crippen molar-refractivity contribution in [3.05, 3.63) is 70.5 Å². The summed E-state index contributed by atoms with van der Waals surface area (Å²) >= 11 is 1.46. The van der Waals surface area contributed by atoms with E-state index in [9.17, 15) is 0 Å². The van der Waals surface area contributed by atoms with Crippen molar-refractivity contribution in [2.75, 3.05) is 0 Å². The minimum atomic E-state index is -0.0110. The smallest absolute Gasteiger partial charge is 0.119 e. The highest BCUT2D eigenvalue weighted by Crippen LogP contribution is 2.24. The summed E-state index contributed by atoms with van der Waals surface area (Å²) in [7, 11) is 0. The zero-order valence-corrected chi connectivity index (χ0v) is 12.2. The summed E-state index contributed by atoms with van der Waals surface area (Å²) in [6.07, 6.45) is 0. The summed E-state index contributed by atoms with van der Waals surface area (Å²) in [4.78, 5) is 4.35. The molecule has 0 radical (unpaired) electrons. The van der Waals surface area contributed by atoms with Gasteiger partial charge in [0.1, 0.15) is 17.4 Å². The molecule has 3 rings (SSSR count). The van der Waals surface area contributed by atoms with Gasteiger partial charge in [0.25, 0.3) is 0 Å². The van der Waals surface area contributed by atoms with Crippen LogP contribution in [0.15, 0.2) is 60.0 Å². The van der Waals surface area contributed by atoms with Gasteiger partial charge in [0, 0.05) is 10.9 Å². The molecular weight excluding hydrogens is 282 g/mol. The molecule has 0 saturated carbocycles. The second-order valence-corrected chi connectivity index (χ2v) is 5.53. The molecule has 1 N–H and O–H groups in total. The fourth-order valence-corrected chi connectivity index (χ4v) is 2.64. The Morgan fingerprint density at radius 1 is 1.00 bits per heavy atom. The van der Waals surface area contributed by atoms with Gasteiger partial charge in [-0.25, -0.2) is 4.98 Å². The topological polar surface area (TPSA) is 42.4 Å². The zero-order chi connectivity index (χ0) is 14.5. The average Bonchev–Trinajstić information content (AvgIpc) is 3.03. The lowest BCUT2D eigenvalue weighted by Crippen LogP contribution is -1.94. The fourth-order valence-electron chi connectivity index (χ4n) is 1.98. The minimum Gasteiger partial charge on any atom is -0.489 e. The average molecular weight is 297 g/mol. The number of aliphatic hydroxyl groups is 1. The second-order valence-electron chi connectivity index (χ2n) is 4.58. The Bertz CT molecular complexity index is 692. The van der Waals surface area contributed by atoms with E-state index >= 15 is 0 Å². The Morgan fingerprint density at radius 2 is 1.76 bits per heavy atom. The molecule has 106 valence electrons. The van der Waals surface area contributed by atoms with Crippen molar-refractivity contribution in [3.63, 3.8) is 0 Å². The molecule has 3 nitrogen and oxygen atoms in total. The van der Waals surface area contributed by atoms with Crippen LogP contribution in [0.2, 0.25) is 0 Å². The lowest BCUT2D eigenvalue weighted by atomic mass is 10.2. The number of hydrogen-bond donors (Lipinski definition) is 1. The first-order valence-corrected chi connectivity index (χ1v) is 7.55. The molecule has 21 heavy (non-hydrogen) atoms. The van der Waals surface area contributed by atoms with E-state index in [1.54, 1.807) is 0 Å². The summed E-state index contributed by atoms with van der Waals surface area (Å²) in [6.45, 7) is 0.550. The number of ether oxygens (including phenoxy) is 1. The predicted molar refractivity (Wildman–Crippen MR) is 84.2 cm³/mol. The summed E-state index contributed by atoms with van der Waals surface area (Å²) in [5.41, 5.74) is 3.06. The number of benzene rings is 2. The van der Waals surface area contributed by atoms with E-state index in [1.807, 2.05) is 60.0 Å². The number of hydrogen-bond acceptors (Lipinski definition) is 4. The fraction of sp³-hybridized carbons (Fsp3) is 0.118. The van der Waals surface area contributed by atoms with Crippen LogP contribution in [0.3, 0.4) is 0 Å². The molecule has 2 aromatic carbocycles. The summed E-state index contributed by atoms with van der Waals surface area (Å²) < 4.78 is 5.75. The molecule has 3 aromatic rings. The van der Waals surface area contributed by atoms with Crippen molar-refractivity contribution >= 4 is 11.3 Å². The Labute approximate surface area is 127 Å². The Balaban J connectivity index is 1.66. The minimum absolute atomic E-state index is 0.0110. The number of rotatable bonds is 5. The standard InChI is InChI=1S/C17H15NO2S/c19-10-17-18-16(12-21-17)14-6-8-15(9-7-14)20-11-13-4-2-1-3-5-13/h1-9,12,19H,10-11H2. The molecule has 0 atom stereocenters. The third kappa shape index (κ3) is 3.48. The molecule has 1 aromatic heterocycles. The van der Waals surface area contributed by atoms with E-state index in [1.165, 1.54) is 11.3 Å². The van der Waals surface area contributed by atoms with Gasteiger partial charge in [0.15, 0.2) is 0 Å². The first-order valence-electron chi connectivity index (χ1n) is 6.67. The van der Waals surface area contributed by atoms with Crippen LogP contribution in [0.4, 0.5) is 0 Å². The quantitative estimate of drug-likeness (QED) is 0.777. The molecule has 0 aliphatic heterocycles. The van der Waals surface area contributed by atoms with Crippen LogP contribution in [0, 0.1) is 0 Å². The van der Waals surface area contributed by atoms with Gasteiger partial charge in [0.2, 0.25) is 0 Å². The van der Waals surface area contributed by atoms with Gasteiger partial charge in [0.05, 0.1) is 12.3 Å². The second kappa shape index (κ2) is 6.52. The number of nitrogens with zero attached hydrogens (tertiary/aromatic N) is 1.